The zero-order chi connectivity index (χ0) is 24.8. The van der Waals surface area contributed by atoms with Crippen molar-refractivity contribution >= 4 is 33.6 Å². The zero-order valence-electron chi connectivity index (χ0n) is 17.1. The SMILES string of the molecule is C[C@@H]1CCC[C@H]1N(NC(=O)c1ccc(F)cc1)c1nc(C#N)ncc1Br.O=C(O)C(F)(F)F. The first-order valence-electron chi connectivity index (χ1n) is 9.52. The van der Waals surface area contributed by atoms with E-state index in [1.54, 1.807) is 5.01 Å². The Morgan fingerprint density at radius 1 is 1.27 bits per heavy atom. The number of halogens is 5. The first-order chi connectivity index (χ1) is 15.4. The maximum absolute atomic E-state index is 13.1. The Morgan fingerprint density at radius 3 is 2.36 bits per heavy atom. The van der Waals surface area contributed by atoms with Crippen LogP contribution in [0.2, 0.25) is 0 Å². The Morgan fingerprint density at radius 2 is 1.88 bits per heavy atom. The second-order valence-electron chi connectivity index (χ2n) is 7.07. The third-order valence-electron chi connectivity index (χ3n) is 4.77. The third kappa shape index (κ3) is 7.11. The van der Waals surface area contributed by atoms with Gasteiger partial charge in [0, 0.05) is 11.8 Å². The number of hydrazine groups is 1. The third-order valence-corrected chi connectivity index (χ3v) is 5.33. The Bertz CT molecular complexity index is 1040. The number of carboxylic acids is 1. The molecule has 1 aromatic carbocycles. The minimum Gasteiger partial charge on any atom is -0.475 e. The summed E-state index contributed by atoms with van der Waals surface area (Å²) in [5.74, 6) is -2.72. The van der Waals surface area contributed by atoms with Gasteiger partial charge in [0.15, 0.2) is 5.82 Å². The van der Waals surface area contributed by atoms with Crippen LogP contribution in [-0.4, -0.2) is 39.2 Å². The summed E-state index contributed by atoms with van der Waals surface area (Å²) in [4.78, 5) is 29.8. The Hall–Kier alpha value is -3.27. The van der Waals surface area contributed by atoms with Crippen LogP contribution in [0.1, 0.15) is 42.4 Å². The number of nitrogens with one attached hydrogen (secondary N) is 1. The fourth-order valence-electron chi connectivity index (χ4n) is 3.16. The number of carboxylic acid groups (broad SMARTS) is 1. The molecule has 1 fully saturated rings. The molecule has 1 heterocycles. The van der Waals surface area contributed by atoms with E-state index in [4.69, 9.17) is 15.2 Å². The molecule has 1 aliphatic carbocycles. The Balaban J connectivity index is 0.000000479. The van der Waals surface area contributed by atoms with Gasteiger partial charge in [-0.3, -0.25) is 15.2 Å². The number of amides is 1. The molecule has 1 aromatic heterocycles. The van der Waals surface area contributed by atoms with E-state index in [2.05, 4.69) is 38.2 Å². The van der Waals surface area contributed by atoms with Gasteiger partial charge in [-0.05, 0) is 59.0 Å². The summed E-state index contributed by atoms with van der Waals surface area (Å²) in [6, 6.07) is 7.30. The van der Waals surface area contributed by atoms with Gasteiger partial charge >= 0.3 is 12.1 Å². The van der Waals surface area contributed by atoms with Crippen molar-refractivity contribution in [3.8, 4) is 6.07 Å². The summed E-state index contributed by atoms with van der Waals surface area (Å²) in [7, 11) is 0. The average Bonchev–Trinajstić information content (AvgIpc) is 3.18. The van der Waals surface area contributed by atoms with Gasteiger partial charge in [-0.15, -0.1) is 0 Å². The topological polar surface area (TPSA) is 119 Å². The van der Waals surface area contributed by atoms with E-state index in [0.717, 1.165) is 19.3 Å². The number of nitriles is 1. The van der Waals surface area contributed by atoms with Crippen molar-refractivity contribution in [3.05, 3.63) is 52.1 Å². The quantitative estimate of drug-likeness (QED) is 0.447. The maximum Gasteiger partial charge on any atom is 0.490 e. The summed E-state index contributed by atoms with van der Waals surface area (Å²) in [5, 5.41) is 17.9. The molecule has 2 atom stereocenters. The number of rotatable bonds is 4. The number of nitrogens with zero attached hydrogens (tertiary/aromatic N) is 4. The molecule has 0 radical (unpaired) electrons. The molecule has 3 rings (SSSR count). The number of hydrogen-bond donors (Lipinski definition) is 2. The second kappa shape index (κ2) is 11.0. The van der Waals surface area contributed by atoms with Gasteiger partial charge in [-0.2, -0.15) is 23.4 Å². The lowest BCUT2D eigenvalue weighted by atomic mass is 10.1. The molecule has 8 nitrogen and oxygen atoms in total. The highest BCUT2D eigenvalue weighted by Crippen LogP contribution is 2.33. The molecule has 1 amide bonds. The van der Waals surface area contributed by atoms with Gasteiger partial charge in [0.05, 0.1) is 10.5 Å². The molecule has 2 aromatic rings. The molecule has 1 saturated carbocycles. The van der Waals surface area contributed by atoms with Crippen molar-refractivity contribution < 1.29 is 32.3 Å². The summed E-state index contributed by atoms with van der Waals surface area (Å²) in [6.07, 6.45) is -0.606. The fraction of sp³-hybridized carbons (Fsp3) is 0.350. The van der Waals surface area contributed by atoms with Crippen LogP contribution in [0.15, 0.2) is 34.9 Å². The molecule has 0 bridgehead atoms. The number of carbonyl (C=O) groups is 2. The van der Waals surface area contributed by atoms with Crippen molar-refractivity contribution in [3.63, 3.8) is 0 Å². The number of alkyl halides is 3. The average molecular weight is 532 g/mol. The molecule has 0 saturated heterocycles. The number of hydrogen-bond acceptors (Lipinski definition) is 6. The number of carbonyl (C=O) groups excluding carboxylic acids is 1. The van der Waals surface area contributed by atoms with E-state index in [1.807, 2.05) is 6.07 Å². The molecular weight excluding hydrogens is 514 g/mol. The van der Waals surface area contributed by atoms with Gasteiger partial charge in [0.1, 0.15) is 11.9 Å². The predicted octanol–water partition coefficient (Wildman–Crippen LogP) is 4.22. The number of benzene rings is 1. The van der Waals surface area contributed by atoms with E-state index >= 15 is 0 Å². The Kier molecular flexibility index (Phi) is 8.69. The zero-order valence-corrected chi connectivity index (χ0v) is 18.7. The molecule has 33 heavy (non-hydrogen) atoms. The molecular formula is C20H18BrF4N5O3. The minimum atomic E-state index is -5.08. The second-order valence-corrected chi connectivity index (χ2v) is 7.93. The lowest BCUT2D eigenvalue weighted by Gasteiger charge is -2.33. The summed E-state index contributed by atoms with van der Waals surface area (Å²) >= 11 is 3.41. The molecule has 176 valence electrons. The highest BCUT2D eigenvalue weighted by Gasteiger charge is 2.38. The van der Waals surface area contributed by atoms with Crippen LogP contribution in [0.25, 0.3) is 0 Å². The van der Waals surface area contributed by atoms with E-state index in [9.17, 15) is 22.4 Å². The molecule has 0 unspecified atom stereocenters. The largest absolute Gasteiger partial charge is 0.490 e. The van der Waals surface area contributed by atoms with Crippen LogP contribution in [0.3, 0.4) is 0 Å². The smallest absolute Gasteiger partial charge is 0.475 e. The van der Waals surface area contributed by atoms with Gasteiger partial charge in [-0.1, -0.05) is 13.3 Å². The molecule has 2 N–H and O–H groups in total. The van der Waals surface area contributed by atoms with Crippen LogP contribution in [-0.2, 0) is 4.79 Å². The van der Waals surface area contributed by atoms with Crippen LogP contribution < -0.4 is 10.4 Å². The molecule has 0 spiro atoms. The monoisotopic (exact) mass is 531 g/mol. The summed E-state index contributed by atoms with van der Waals surface area (Å²) in [6.45, 7) is 2.12. The summed E-state index contributed by atoms with van der Waals surface area (Å²) in [5.41, 5.74) is 3.22. The predicted molar refractivity (Wildman–Crippen MR) is 111 cm³/mol. The van der Waals surface area contributed by atoms with E-state index < -0.39 is 18.0 Å². The van der Waals surface area contributed by atoms with Gasteiger partial charge in [0.25, 0.3) is 5.91 Å². The minimum absolute atomic E-state index is 0.0230. The number of aliphatic carboxylic acids is 1. The number of aromatic nitrogens is 2. The highest BCUT2D eigenvalue weighted by atomic mass is 79.9. The number of anilines is 1. The van der Waals surface area contributed by atoms with Crippen molar-refractivity contribution in [2.24, 2.45) is 5.92 Å². The fourth-order valence-corrected chi connectivity index (χ4v) is 3.54. The molecule has 0 aliphatic heterocycles. The van der Waals surface area contributed by atoms with Crippen LogP contribution in [0.4, 0.5) is 23.4 Å². The van der Waals surface area contributed by atoms with Gasteiger partial charge in [0.2, 0.25) is 5.82 Å². The first kappa shape index (κ1) is 26.0. The van der Waals surface area contributed by atoms with Crippen LogP contribution in [0, 0.1) is 23.1 Å². The molecule has 1 aliphatic rings. The van der Waals surface area contributed by atoms with Crippen molar-refractivity contribution in [1.82, 2.24) is 15.4 Å². The van der Waals surface area contributed by atoms with Crippen molar-refractivity contribution in [1.29, 1.82) is 5.26 Å². The Labute approximate surface area is 194 Å². The lowest BCUT2D eigenvalue weighted by Crippen LogP contribution is -2.50. The van der Waals surface area contributed by atoms with Crippen LogP contribution >= 0.6 is 15.9 Å². The maximum atomic E-state index is 13.1. The van der Waals surface area contributed by atoms with E-state index in [1.165, 1.54) is 30.5 Å². The van der Waals surface area contributed by atoms with Crippen molar-refractivity contribution in [2.45, 2.75) is 38.4 Å². The van der Waals surface area contributed by atoms with Crippen molar-refractivity contribution in [2.75, 3.05) is 5.01 Å². The standard InChI is InChI=1S/C18H17BrFN5O.C2HF3O2/c1-11-3-2-4-15(11)25(17-14(19)10-22-16(9-21)23-17)24-18(26)12-5-7-13(20)8-6-12;3-2(4,5)1(6)7/h5-8,10-11,15H,2-4H2,1H3,(H,24,26);(H,6,7)/t11-,15-;/m1./s1. The van der Waals surface area contributed by atoms with Crippen LogP contribution in [0.5, 0.6) is 0 Å². The summed E-state index contributed by atoms with van der Waals surface area (Å²) < 4.78 is 45.4. The van der Waals surface area contributed by atoms with Gasteiger partial charge < -0.3 is 5.11 Å². The van der Waals surface area contributed by atoms with E-state index in [0.29, 0.717) is 21.8 Å². The first-order valence-corrected chi connectivity index (χ1v) is 10.3. The van der Waals surface area contributed by atoms with Gasteiger partial charge in [-0.25, -0.2) is 14.2 Å². The lowest BCUT2D eigenvalue weighted by molar-refractivity contribution is -0.192. The normalized spacial score (nSPS) is 17.4. The molecule has 13 heteroatoms. The van der Waals surface area contributed by atoms with E-state index in [-0.39, 0.29) is 17.8 Å². The highest BCUT2D eigenvalue weighted by molar-refractivity contribution is 9.10.